The van der Waals surface area contributed by atoms with Gasteiger partial charge in [-0.2, -0.15) is 0 Å². The molecule has 0 aliphatic carbocycles. The van der Waals surface area contributed by atoms with Crippen LogP contribution in [0.4, 0.5) is 21.6 Å². The van der Waals surface area contributed by atoms with Crippen LogP contribution in [0.15, 0.2) is 60.8 Å². The van der Waals surface area contributed by atoms with Crippen LogP contribution < -0.4 is 20.1 Å². The van der Waals surface area contributed by atoms with Crippen LogP contribution in [0.3, 0.4) is 0 Å². The fourth-order valence-corrected chi connectivity index (χ4v) is 2.47. The lowest BCUT2D eigenvalue weighted by atomic mass is 10.2. The van der Waals surface area contributed by atoms with Gasteiger partial charge in [-0.25, -0.2) is 9.37 Å². The lowest BCUT2D eigenvalue weighted by molar-refractivity contribution is 0.102. The van der Waals surface area contributed by atoms with E-state index in [1.165, 1.54) is 12.1 Å². The standard InChI is InChI=1S/C19H14FN3O3/c20-13-2-4-14(5-3-13)22-15-6-8-18(21-10-15)23-19(24)12-1-7-16-17(9-12)26-11-25-16/h1-10,22H,11H2,(H,21,23,24). The molecule has 2 aromatic carbocycles. The zero-order valence-corrected chi connectivity index (χ0v) is 13.5. The van der Waals surface area contributed by atoms with Crippen molar-refractivity contribution in [3.63, 3.8) is 0 Å². The third-order valence-corrected chi connectivity index (χ3v) is 3.77. The number of carbonyl (C=O) groups is 1. The van der Waals surface area contributed by atoms with E-state index in [2.05, 4.69) is 15.6 Å². The van der Waals surface area contributed by atoms with Crippen LogP contribution in [0.5, 0.6) is 11.5 Å². The van der Waals surface area contributed by atoms with Crippen molar-refractivity contribution < 1.29 is 18.7 Å². The van der Waals surface area contributed by atoms with E-state index in [1.807, 2.05) is 0 Å². The molecule has 0 spiro atoms. The minimum atomic E-state index is -0.296. The van der Waals surface area contributed by atoms with E-state index in [4.69, 9.17) is 9.47 Å². The summed E-state index contributed by atoms with van der Waals surface area (Å²) in [6, 6.07) is 14.4. The Labute approximate surface area is 148 Å². The predicted molar refractivity (Wildman–Crippen MR) is 94.4 cm³/mol. The molecule has 0 bridgehead atoms. The van der Waals surface area contributed by atoms with Gasteiger partial charge in [0.1, 0.15) is 11.6 Å². The number of ether oxygens (including phenoxy) is 2. The van der Waals surface area contributed by atoms with Gasteiger partial charge in [0.05, 0.1) is 11.9 Å². The molecule has 1 amide bonds. The average Bonchev–Trinajstić information content (AvgIpc) is 3.13. The van der Waals surface area contributed by atoms with E-state index in [-0.39, 0.29) is 18.5 Å². The van der Waals surface area contributed by atoms with Gasteiger partial charge in [0, 0.05) is 11.3 Å². The number of carbonyl (C=O) groups excluding carboxylic acids is 1. The van der Waals surface area contributed by atoms with Crippen LogP contribution in [-0.4, -0.2) is 17.7 Å². The molecule has 1 aliphatic rings. The molecule has 7 heteroatoms. The molecule has 0 fully saturated rings. The van der Waals surface area contributed by atoms with Crippen LogP contribution in [0.2, 0.25) is 0 Å². The van der Waals surface area contributed by atoms with Crippen molar-refractivity contribution in [3.05, 3.63) is 72.2 Å². The first-order valence-electron chi connectivity index (χ1n) is 7.87. The Morgan fingerprint density at radius 1 is 0.962 bits per heavy atom. The minimum absolute atomic E-state index is 0.157. The fraction of sp³-hybridized carbons (Fsp3) is 0.0526. The smallest absolute Gasteiger partial charge is 0.256 e. The van der Waals surface area contributed by atoms with Crippen molar-refractivity contribution >= 4 is 23.1 Å². The molecule has 0 saturated heterocycles. The minimum Gasteiger partial charge on any atom is -0.454 e. The molecule has 1 aromatic heterocycles. The zero-order valence-electron chi connectivity index (χ0n) is 13.5. The molecule has 4 rings (SSSR count). The number of hydrogen-bond acceptors (Lipinski definition) is 5. The molecule has 2 heterocycles. The van der Waals surface area contributed by atoms with Crippen molar-refractivity contribution in [1.82, 2.24) is 4.98 Å². The number of hydrogen-bond donors (Lipinski definition) is 2. The zero-order chi connectivity index (χ0) is 17.9. The molecule has 3 aromatic rings. The number of halogens is 1. The van der Waals surface area contributed by atoms with E-state index < -0.39 is 0 Å². The largest absolute Gasteiger partial charge is 0.454 e. The Morgan fingerprint density at radius 2 is 1.73 bits per heavy atom. The lowest BCUT2D eigenvalue weighted by Crippen LogP contribution is -2.12. The van der Waals surface area contributed by atoms with Crippen molar-refractivity contribution in [2.75, 3.05) is 17.4 Å². The quantitative estimate of drug-likeness (QED) is 0.745. The maximum Gasteiger partial charge on any atom is 0.256 e. The monoisotopic (exact) mass is 351 g/mol. The van der Waals surface area contributed by atoms with Gasteiger partial charge < -0.3 is 20.1 Å². The summed E-state index contributed by atoms with van der Waals surface area (Å²) in [6.07, 6.45) is 1.58. The predicted octanol–water partition coefficient (Wildman–Crippen LogP) is 3.95. The number of nitrogens with one attached hydrogen (secondary N) is 2. The van der Waals surface area contributed by atoms with E-state index in [0.717, 1.165) is 11.4 Å². The topological polar surface area (TPSA) is 72.5 Å². The fourth-order valence-electron chi connectivity index (χ4n) is 2.47. The Bertz CT molecular complexity index is 943. The molecular weight excluding hydrogens is 337 g/mol. The van der Waals surface area contributed by atoms with Crippen LogP contribution in [0, 0.1) is 5.82 Å². The third kappa shape index (κ3) is 3.41. The summed E-state index contributed by atoms with van der Waals surface area (Å²) in [4.78, 5) is 16.5. The summed E-state index contributed by atoms with van der Waals surface area (Å²) in [5.41, 5.74) is 1.91. The first kappa shape index (κ1) is 15.9. The van der Waals surface area contributed by atoms with E-state index in [1.54, 1.807) is 48.7 Å². The molecule has 26 heavy (non-hydrogen) atoms. The average molecular weight is 351 g/mol. The highest BCUT2D eigenvalue weighted by atomic mass is 19.1. The van der Waals surface area contributed by atoms with Gasteiger partial charge in [-0.1, -0.05) is 0 Å². The van der Waals surface area contributed by atoms with Crippen LogP contribution >= 0.6 is 0 Å². The van der Waals surface area contributed by atoms with Crippen molar-refractivity contribution in [2.24, 2.45) is 0 Å². The molecule has 2 N–H and O–H groups in total. The van der Waals surface area contributed by atoms with E-state index >= 15 is 0 Å². The Balaban J connectivity index is 1.42. The summed E-state index contributed by atoms with van der Waals surface area (Å²) in [6.45, 7) is 0.157. The van der Waals surface area contributed by atoms with Gasteiger partial charge in [-0.05, 0) is 54.6 Å². The summed E-state index contributed by atoms with van der Waals surface area (Å²) in [7, 11) is 0. The van der Waals surface area contributed by atoms with E-state index in [9.17, 15) is 9.18 Å². The highest BCUT2D eigenvalue weighted by Gasteiger charge is 2.16. The Hall–Kier alpha value is -3.61. The molecule has 0 atom stereocenters. The van der Waals surface area contributed by atoms with Crippen LogP contribution in [0.25, 0.3) is 0 Å². The first-order chi connectivity index (χ1) is 12.7. The normalized spacial score (nSPS) is 11.9. The number of aromatic nitrogens is 1. The lowest BCUT2D eigenvalue weighted by Gasteiger charge is -2.08. The van der Waals surface area contributed by atoms with Crippen molar-refractivity contribution in [2.45, 2.75) is 0 Å². The van der Waals surface area contributed by atoms with Crippen LogP contribution in [-0.2, 0) is 0 Å². The second-order valence-corrected chi connectivity index (χ2v) is 5.59. The summed E-state index contributed by atoms with van der Waals surface area (Å²) < 4.78 is 23.4. The number of fused-ring (bicyclic) bond motifs is 1. The third-order valence-electron chi connectivity index (χ3n) is 3.77. The van der Waals surface area contributed by atoms with Crippen molar-refractivity contribution in [1.29, 1.82) is 0 Å². The molecule has 0 unspecified atom stereocenters. The Morgan fingerprint density at radius 3 is 2.50 bits per heavy atom. The van der Waals surface area contributed by atoms with Gasteiger partial charge in [0.25, 0.3) is 5.91 Å². The number of nitrogens with zero attached hydrogens (tertiary/aromatic N) is 1. The molecule has 130 valence electrons. The number of rotatable bonds is 4. The number of amides is 1. The Kier molecular flexibility index (Phi) is 4.10. The molecule has 6 nitrogen and oxygen atoms in total. The van der Waals surface area contributed by atoms with Crippen LogP contribution in [0.1, 0.15) is 10.4 Å². The second-order valence-electron chi connectivity index (χ2n) is 5.59. The number of benzene rings is 2. The van der Waals surface area contributed by atoms with Crippen molar-refractivity contribution in [3.8, 4) is 11.5 Å². The number of anilines is 3. The SMILES string of the molecule is O=C(Nc1ccc(Nc2ccc(F)cc2)cn1)c1ccc2c(c1)OCO2. The molecule has 0 radical (unpaired) electrons. The number of pyridine rings is 1. The molecule has 0 saturated carbocycles. The first-order valence-corrected chi connectivity index (χ1v) is 7.87. The maximum atomic E-state index is 12.9. The van der Waals surface area contributed by atoms with Gasteiger partial charge in [-0.3, -0.25) is 4.79 Å². The summed E-state index contributed by atoms with van der Waals surface area (Å²) in [5, 5.41) is 5.82. The highest BCUT2D eigenvalue weighted by Crippen LogP contribution is 2.32. The summed E-state index contributed by atoms with van der Waals surface area (Å²) >= 11 is 0. The second kappa shape index (κ2) is 6.72. The molecule has 1 aliphatic heterocycles. The van der Waals surface area contributed by atoms with Gasteiger partial charge in [0.2, 0.25) is 6.79 Å². The molecular formula is C19H14FN3O3. The van der Waals surface area contributed by atoms with E-state index in [0.29, 0.717) is 22.9 Å². The maximum absolute atomic E-state index is 12.9. The van der Waals surface area contributed by atoms with Gasteiger partial charge >= 0.3 is 0 Å². The van der Waals surface area contributed by atoms with Gasteiger partial charge in [-0.15, -0.1) is 0 Å². The highest BCUT2D eigenvalue weighted by molar-refractivity contribution is 6.04. The summed E-state index contributed by atoms with van der Waals surface area (Å²) in [5.74, 6) is 0.989. The van der Waals surface area contributed by atoms with Gasteiger partial charge in [0.15, 0.2) is 11.5 Å².